The number of hydrogen-bond donors (Lipinski definition) is 4. The molecular formula is C44H66N2O5. The molecule has 5 fully saturated rings. The van der Waals surface area contributed by atoms with Crippen molar-refractivity contribution in [2.75, 3.05) is 13.1 Å². The van der Waals surface area contributed by atoms with Gasteiger partial charge < -0.3 is 20.8 Å². The maximum absolute atomic E-state index is 14.6. The molecule has 0 radical (unpaired) electrons. The Morgan fingerprint density at radius 3 is 2.33 bits per heavy atom. The topological polar surface area (TPSA) is 116 Å². The number of carboxylic acids is 1. The third-order valence-corrected chi connectivity index (χ3v) is 16.5. The summed E-state index contributed by atoms with van der Waals surface area (Å²) in [6.07, 6.45) is 12.5. The minimum Gasteiger partial charge on any atom is -0.481 e. The van der Waals surface area contributed by atoms with Crippen LogP contribution in [0.15, 0.2) is 36.4 Å². The van der Waals surface area contributed by atoms with Crippen LogP contribution < -0.4 is 10.6 Å². The molecule has 9 unspecified atom stereocenters. The average Bonchev–Trinajstić information content (AvgIpc) is 3.48. The SMILES string of the molecule is C=C(C)C1CCC2(C(=O)NCCc3cccc(C(=O)NCCCCC(=O)O)c3)CC[C@]3(C)C(CCC4C5(C)CCC(O)C(C)(C)C5CCC43C)C12. The zero-order valence-corrected chi connectivity index (χ0v) is 32.4. The van der Waals surface area contributed by atoms with Crippen LogP contribution in [0, 0.1) is 56.7 Å². The number of hydrogen-bond acceptors (Lipinski definition) is 4. The van der Waals surface area contributed by atoms with Crippen LogP contribution in [0.4, 0.5) is 0 Å². The molecule has 6 rings (SSSR count). The first-order chi connectivity index (χ1) is 24.0. The zero-order chi connectivity index (χ0) is 37.0. The lowest BCUT2D eigenvalue weighted by Gasteiger charge is -2.72. The lowest BCUT2D eigenvalue weighted by Crippen LogP contribution is -2.67. The van der Waals surface area contributed by atoms with Crippen molar-refractivity contribution < 1.29 is 24.6 Å². The quantitative estimate of drug-likeness (QED) is 0.137. The highest BCUT2D eigenvalue weighted by atomic mass is 16.4. The average molecular weight is 703 g/mol. The van der Waals surface area contributed by atoms with E-state index in [1.807, 2.05) is 18.2 Å². The van der Waals surface area contributed by atoms with Gasteiger partial charge in [-0.1, -0.05) is 58.9 Å². The van der Waals surface area contributed by atoms with Gasteiger partial charge in [-0.2, -0.15) is 0 Å². The second-order valence-corrected chi connectivity index (χ2v) is 19.0. The molecule has 0 aromatic heterocycles. The molecule has 0 aliphatic heterocycles. The van der Waals surface area contributed by atoms with E-state index in [-0.39, 0.29) is 51.4 Å². The number of aliphatic hydroxyl groups excluding tert-OH is 1. The van der Waals surface area contributed by atoms with Gasteiger partial charge in [0.1, 0.15) is 0 Å². The Kier molecular flexibility index (Phi) is 10.4. The number of benzene rings is 1. The van der Waals surface area contributed by atoms with E-state index in [0.29, 0.717) is 67.5 Å². The number of aliphatic carboxylic acids is 1. The highest BCUT2D eigenvalue weighted by Crippen LogP contribution is 2.77. The van der Waals surface area contributed by atoms with E-state index < -0.39 is 5.97 Å². The second kappa shape index (κ2) is 14.0. The predicted octanol–water partition coefficient (Wildman–Crippen LogP) is 8.35. The van der Waals surface area contributed by atoms with Gasteiger partial charge in [0, 0.05) is 25.1 Å². The van der Waals surface area contributed by atoms with Gasteiger partial charge in [0.15, 0.2) is 0 Å². The number of fused-ring (bicyclic) bond motifs is 7. The Hall–Kier alpha value is -2.67. The van der Waals surface area contributed by atoms with E-state index in [1.54, 1.807) is 6.07 Å². The molecule has 7 heteroatoms. The van der Waals surface area contributed by atoms with E-state index >= 15 is 0 Å². The molecule has 0 saturated heterocycles. The molecule has 10 atom stereocenters. The van der Waals surface area contributed by atoms with Gasteiger partial charge in [-0.05, 0) is 159 Å². The van der Waals surface area contributed by atoms with Gasteiger partial charge in [-0.3, -0.25) is 14.4 Å². The summed E-state index contributed by atoms with van der Waals surface area (Å²) in [7, 11) is 0. The maximum atomic E-state index is 14.6. The number of nitrogens with one attached hydrogen (secondary N) is 2. The van der Waals surface area contributed by atoms with Gasteiger partial charge in [-0.25, -0.2) is 0 Å². The van der Waals surface area contributed by atoms with Gasteiger partial charge in [0.2, 0.25) is 5.91 Å². The first kappa shape index (κ1) is 38.1. The number of aliphatic hydroxyl groups is 1. The first-order valence-corrected chi connectivity index (χ1v) is 20.2. The molecule has 0 bridgehead atoms. The molecule has 5 aliphatic rings. The molecular weight excluding hydrogens is 636 g/mol. The number of carbonyl (C=O) groups is 3. The first-order valence-electron chi connectivity index (χ1n) is 20.2. The molecule has 0 spiro atoms. The summed E-state index contributed by atoms with van der Waals surface area (Å²) in [6.45, 7) is 20.2. The van der Waals surface area contributed by atoms with Crippen molar-refractivity contribution in [1.82, 2.24) is 10.6 Å². The van der Waals surface area contributed by atoms with Crippen LogP contribution in [0.25, 0.3) is 0 Å². The maximum Gasteiger partial charge on any atom is 0.303 e. The Morgan fingerprint density at radius 2 is 1.61 bits per heavy atom. The largest absolute Gasteiger partial charge is 0.481 e. The molecule has 2 amide bonds. The molecule has 282 valence electrons. The van der Waals surface area contributed by atoms with Crippen LogP contribution in [-0.4, -0.2) is 47.2 Å². The Morgan fingerprint density at radius 1 is 0.843 bits per heavy atom. The van der Waals surface area contributed by atoms with E-state index in [9.17, 15) is 19.5 Å². The minimum absolute atomic E-state index is 0.0549. The minimum atomic E-state index is -0.818. The Labute approximate surface area is 307 Å². The highest BCUT2D eigenvalue weighted by molar-refractivity contribution is 5.94. The van der Waals surface area contributed by atoms with E-state index in [0.717, 1.165) is 44.1 Å². The van der Waals surface area contributed by atoms with Crippen molar-refractivity contribution in [3.05, 3.63) is 47.5 Å². The Bertz CT molecular complexity index is 1520. The second-order valence-electron chi connectivity index (χ2n) is 19.0. The van der Waals surface area contributed by atoms with Gasteiger partial charge in [-0.15, -0.1) is 0 Å². The van der Waals surface area contributed by atoms with Crippen molar-refractivity contribution >= 4 is 17.8 Å². The molecule has 0 heterocycles. The fourth-order valence-electron chi connectivity index (χ4n) is 13.6. The van der Waals surface area contributed by atoms with Crippen molar-refractivity contribution in [2.45, 2.75) is 138 Å². The fraction of sp³-hybridized carbons (Fsp3) is 0.750. The zero-order valence-electron chi connectivity index (χ0n) is 32.4. The molecule has 51 heavy (non-hydrogen) atoms. The summed E-state index contributed by atoms with van der Waals surface area (Å²) in [4.78, 5) is 38.1. The van der Waals surface area contributed by atoms with Crippen LogP contribution in [0.5, 0.6) is 0 Å². The van der Waals surface area contributed by atoms with E-state index in [1.165, 1.54) is 31.3 Å². The number of carboxylic acid groups (broad SMARTS) is 1. The van der Waals surface area contributed by atoms with Gasteiger partial charge >= 0.3 is 5.97 Å². The number of carbonyl (C=O) groups excluding carboxylic acids is 2. The summed E-state index contributed by atoms with van der Waals surface area (Å²) < 4.78 is 0. The number of unbranched alkanes of at least 4 members (excludes halogenated alkanes) is 1. The van der Waals surface area contributed by atoms with Crippen LogP contribution in [0.2, 0.25) is 0 Å². The molecule has 7 nitrogen and oxygen atoms in total. The normalized spacial score (nSPS) is 39.4. The smallest absolute Gasteiger partial charge is 0.303 e. The van der Waals surface area contributed by atoms with Crippen LogP contribution in [0.3, 0.4) is 0 Å². The van der Waals surface area contributed by atoms with Crippen molar-refractivity contribution in [3.63, 3.8) is 0 Å². The molecule has 4 N–H and O–H groups in total. The Balaban J connectivity index is 1.15. The monoisotopic (exact) mass is 702 g/mol. The predicted molar refractivity (Wildman–Crippen MR) is 202 cm³/mol. The summed E-state index contributed by atoms with van der Waals surface area (Å²) in [5.74, 6) is 1.60. The fourth-order valence-corrected chi connectivity index (χ4v) is 13.6. The standard InChI is InChI=1S/C44H66N2O5/c1-28(2)31-16-22-44(39(51)46-26-19-29-11-10-12-30(27-29)38(50)45-25-9-8-13-36(48)49)24-23-42(6)32(37(31)44)14-15-34-41(5)20-18-35(47)40(3,4)33(41)17-21-43(34,42)7/h10-12,27,31-35,37,47H,1,8-9,13-26H2,2-7H3,(H,45,50)(H,46,51)(H,48,49)/t31?,32?,33?,34?,35?,37?,41?,42-,43?,44?/m1/s1. The highest BCUT2D eigenvalue weighted by Gasteiger charge is 2.71. The number of amides is 2. The van der Waals surface area contributed by atoms with Crippen LogP contribution in [-0.2, 0) is 16.0 Å². The van der Waals surface area contributed by atoms with Gasteiger partial charge in [0.05, 0.1) is 11.5 Å². The van der Waals surface area contributed by atoms with Crippen LogP contribution in [0.1, 0.15) is 141 Å². The number of rotatable bonds is 11. The van der Waals surface area contributed by atoms with Crippen molar-refractivity contribution in [3.8, 4) is 0 Å². The van der Waals surface area contributed by atoms with Gasteiger partial charge in [0.25, 0.3) is 5.91 Å². The summed E-state index contributed by atoms with van der Waals surface area (Å²) in [6, 6.07) is 7.61. The van der Waals surface area contributed by atoms with E-state index in [4.69, 9.17) is 5.11 Å². The van der Waals surface area contributed by atoms with Crippen molar-refractivity contribution in [1.29, 1.82) is 0 Å². The molecule has 1 aromatic rings. The summed E-state index contributed by atoms with van der Waals surface area (Å²) in [5, 5.41) is 26.2. The van der Waals surface area contributed by atoms with Crippen LogP contribution >= 0.6 is 0 Å². The molecule has 5 saturated carbocycles. The van der Waals surface area contributed by atoms with E-state index in [2.05, 4.69) is 58.8 Å². The lowest BCUT2D eigenvalue weighted by molar-refractivity contribution is -0.246. The third kappa shape index (κ3) is 6.29. The summed E-state index contributed by atoms with van der Waals surface area (Å²) in [5.41, 5.74) is 3.02. The molecule has 5 aliphatic carbocycles. The van der Waals surface area contributed by atoms with Crippen molar-refractivity contribution in [2.24, 2.45) is 56.7 Å². The lowest BCUT2D eigenvalue weighted by atomic mass is 9.32. The summed E-state index contributed by atoms with van der Waals surface area (Å²) >= 11 is 0. The third-order valence-electron chi connectivity index (χ3n) is 16.5. The number of allylic oxidation sites excluding steroid dienone is 1. The molecule has 1 aromatic carbocycles.